The molecule has 2 unspecified atom stereocenters. The van der Waals surface area contributed by atoms with Gasteiger partial charge in [-0.15, -0.1) is 0 Å². The van der Waals surface area contributed by atoms with Crippen LogP contribution in [0.15, 0.2) is 0 Å². The Kier molecular flexibility index (Phi) is 6.56. The highest BCUT2D eigenvalue weighted by molar-refractivity contribution is 5.82. The molecule has 3 aliphatic rings. The topological polar surface area (TPSA) is 52.6 Å². The predicted octanol–water partition coefficient (Wildman–Crippen LogP) is 4.54. The molecule has 0 bridgehead atoms. The van der Waals surface area contributed by atoms with Crippen LogP contribution in [0, 0.1) is 11.8 Å². The fourth-order valence-corrected chi connectivity index (χ4v) is 4.56. The third kappa shape index (κ3) is 4.73. The fourth-order valence-electron chi connectivity index (χ4n) is 4.56. The second kappa shape index (κ2) is 8.87. The molecule has 3 saturated carbocycles. The smallest absolute Gasteiger partial charge is 0.310 e. The molecule has 0 radical (unpaired) electrons. The van der Waals surface area contributed by atoms with Crippen molar-refractivity contribution in [3.8, 4) is 0 Å². The maximum absolute atomic E-state index is 12.6. The van der Waals surface area contributed by atoms with Gasteiger partial charge in [-0.3, -0.25) is 9.59 Å². The van der Waals surface area contributed by atoms with E-state index < -0.39 is 0 Å². The van der Waals surface area contributed by atoms with E-state index in [1.54, 1.807) is 0 Å². The summed E-state index contributed by atoms with van der Waals surface area (Å²) in [6, 6.07) is 0. The average molecular weight is 336 g/mol. The highest BCUT2D eigenvalue weighted by Gasteiger charge is 2.39. The minimum absolute atomic E-state index is 0.0724. The molecular weight excluding hydrogens is 304 g/mol. The van der Waals surface area contributed by atoms with Gasteiger partial charge < -0.3 is 9.47 Å². The van der Waals surface area contributed by atoms with E-state index in [-0.39, 0.29) is 36.0 Å². The predicted molar refractivity (Wildman–Crippen MR) is 91.4 cm³/mol. The lowest BCUT2D eigenvalue weighted by Gasteiger charge is -2.32. The van der Waals surface area contributed by atoms with Crippen molar-refractivity contribution in [3.05, 3.63) is 0 Å². The highest BCUT2D eigenvalue weighted by Crippen LogP contribution is 2.34. The molecule has 2 atom stereocenters. The molecule has 0 N–H and O–H groups in total. The van der Waals surface area contributed by atoms with Crippen LogP contribution in [0.3, 0.4) is 0 Å². The van der Waals surface area contributed by atoms with Crippen LogP contribution in [-0.2, 0) is 19.1 Å². The molecule has 0 aromatic heterocycles. The lowest BCUT2D eigenvalue weighted by Crippen LogP contribution is -2.38. The van der Waals surface area contributed by atoms with E-state index in [0.29, 0.717) is 0 Å². The van der Waals surface area contributed by atoms with E-state index in [4.69, 9.17) is 9.47 Å². The van der Waals surface area contributed by atoms with Gasteiger partial charge in [0.15, 0.2) is 0 Å². The zero-order chi connectivity index (χ0) is 16.8. The van der Waals surface area contributed by atoms with Crippen LogP contribution in [0.4, 0.5) is 0 Å². The molecule has 24 heavy (non-hydrogen) atoms. The second-order valence-corrected chi connectivity index (χ2v) is 7.89. The fraction of sp³-hybridized carbons (Fsp3) is 0.900. The number of carbonyl (C=O) groups is 2. The number of esters is 2. The maximum atomic E-state index is 12.6. The van der Waals surface area contributed by atoms with Crippen molar-refractivity contribution in [1.82, 2.24) is 0 Å². The Morgan fingerprint density at radius 2 is 0.833 bits per heavy atom. The minimum Gasteiger partial charge on any atom is -0.462 e. The van der Waals surface area contributed by atoms with Crippen molar-refractivity contribution in [2.24, 2.45) is 11.8 Å². The van der Waals surface area contributed by atoms with Crippen LogP contribution in [0.1, 0.15) is 89.9 Å². The Balaban J connectivity index is 1.55. The van der Waals surface area contributed by atoms with Gasteiger partial charge in [0.1, 0.15) is 12.2 Å². The van der Waals surface area contributed by atoms with Gasteiger partial charge in [0, 0.05) is 0 Å². The summed E-state index contributed by atoms with van der Waals surface area (Å²) >= 11 is 0. The summed E-state index contributed by atoms with van der Waals surface area (Å²) in [6.45, 7) is 0. The Hall–Kier alpha value is -1.06. The van der Waals surface area contributed by atoms with Crippen LogP contribution >= 0.6 is 0 Å². The molecule has 3 fully saturated rings. The molecule has 3 aliphatic carbocycles. The second-order valence-electron chi connectivity index (χ2n) is 7.89. The molecule has 0 aromatic rings. The Morgan fingerprint density at radius 1 is 0.500 bits per heavy atom. The zero-order valence-corrected chi connectivity index (χ0v) is 14.8. The quantitative estimate of drug-likeness (QED) is 0.707. The monoisotopic (exact) mass is 336 g/mol. The van der Waals surface area contributed by atoms with Crippen LogP contribution in [-0.4, -0.2) is 24.1 Å². The molecule has 0 saturated heterocycles. The van der Waals surface area contributed by atoms with Crippen molar-refractivity contribution in [2.75, 3.05) is 0 Å². The summed E-state index contributed by atoms with van der Waals surface area (Å²) in [5.41, 5.74) is 0. The molecule has 4 heteroatoms. The van der Waals surface area contributed by atoms with Gasteiger partial charge in [0.25, 0.3) is 0 Å². The molecule has 136 valence electrons. The molecule has 0 aliphatic heterocycles. The molecule has 0 spiro atoms. The van der Waals surface area contributed by atoms with E-state index in [1.165, 1.54) is 12.8 Å². The van der Waals surface area contributed by atoms with Gasteiger partial charge in [0.2, 0.25) is 0 Å². The van der Waals surface area contributed by atoms with Crippen LogP contribution in [0.2, 0.25) is 0 Å². The van der Waals surface area contributed by atoms with Gasteiger partial charge in [-0.25, -0.2) is 0 Å². The third-order valence-electron chi connectivity index (χ3n) is 6.04. The summed E-state index contributed by atoms with van der Waals surface area (Å²) in [4.78, 5) is 25.3. The lowest BCUT2D eigenvalue weighted by atomic mass is 9.79. The normalized spacial score (nSPS) is 29.8. The Labute approximate surface area is 145 Å². The number of hydrogen-bond donors (Lipinski definition) is 0. The van der Waals surface area contributed by atoms with Crippen molar-refractivity contribution in [2.45, 2.75) is 102 Å². The summed E-state index contributed by atoms with van der Waals surface area (Å²) in [5, 5.41) is 0. The van der Waals surface area contributed by atoms with Crippen molar-refractivity contribution in [3.63, 3.8) is 0 Å². The summed E-state index contributed by atoms with van der Waals surface area (Å²) in [7, 11) is 0. The van der Waals surface area contributed by atoms with E-state index >= 15 is 0 Å². The first-order chi connectivity index (χ1) is 11.7. The minimum atomic E-state index is -0.281. The number of carbonyl (C=O) groups excluding carboxylic acids is 2. The van der Waals surface area contributed by atoms with Gasteiger partial charge in [-0.05, 0) is 64.2 Å². The number of ether oxygens (including phenoxy) is 2. The van der Waals surface area contributed by atoms with E-state index in [0.717, 1.165) is 77.0 Å². The summed E-state index contributed by atoms with van der Waals surface area (Å²) in [6.07, 6.45) is 14.7. The summed E-state index contributed by atoms with van der Waals surface area (Å²) in [5.74, 6) is -0.854. The zero-order valence-electron chi connectivity index (χ0n) is 14.8. The van der Waals surface area contributed by atoms with Gasteiger partial charge >= 0.3 is 11.9 Å². The lowest BCUT2D eigenvalue weighted by molar-refractivity contribution is -0.170. The Bertz CT molecular complexity index is 381. The molecule has 0 aromatic carbocycles. The van der Waals surface area contributed by atoms with Crippen LogP contribution < -0.4 is 0 Å². The van der Waals surface area contributed by atoms with Gasteiger partial charge in [-0.2, -0.15) is 0 Å². The van der Waals surface area contributed by atoms with Crippen molar-refractivity contribution < 1.29 is 19.1 Å². The average Bonchev–Trinajstić information content (AvgIpc) is 2.63. The maximum Gasteiger partial charge on any atom is 0.310 e. The highest BCUT2D eigenvalue weighted by atomic mass is 16.6. The van der Waals surface area contributed by atoms with E-state index in [2.05, 4.69) is 0 Å². The third-order valence-corrected chi connectivity index (χ3v) is 6.04. The first-order valence-corrected chi connectivity index (χ1v) is 10.1. The molecule has 3 rings (SSSR count). The molecule has 0 heterocycles. The van der Waals surface area contributed by atoms with Gasteiger partial charge in [0.05, 0.1) is 11.8 Å². The number of rotatable bonds is 4. The largest absolute Gasteiger partial charge is 0.462 e. The summed E-state index contributed by atoms with van der Waals surface area (Å²) < 4.78 is 11.5. The van der Waals surface area contributed by atoms with Crippen molar-refractivity contribution >= 4 is 11.9 Å². The standard InChI is InChI=1S/C20H32O4/c21-19(23-15-9-3-1-4-10-15)17-13-7-8-14-18(17)20(22)24-16-11-5-2-6-12-16/h15-18H,1-14H2. The number of hydrogen-bond acceptors (Lipinski definition) is 4. The first kappa shape index (κ1) is 17.8. The van der Waals surface area contributed by atoms with Crippen molar-refractivity contribution in [1.29, 1.82) is 0 Å². The molecular formula is C20H32O4. The Morgan fingerprint density at radius 3 is 1.21 bits per heavy atom. The van der Waals surface area contributed by atoms with E-state index in [1.807, 2.05) is 0 Å². The van der Waals surface area contributed by atoms with Crippen LogP contribution in [0.5, 0.6) is 0 Å². The van der Waals surface area contributed by atoms with E-state index in [9.17, 15) is 9.59 Å². The van der Waals surface area contributed by atoms with Crippen LogP contribution in [0.25, 0.3) is 0 Å². The van der Waals surface area contributed by atoms with Gasteiger partial charge in [-0.1, -0.05) is 25.7 Å². The molecule has 4 nitrogen and oxygen atoms in total. The SMILES string of the molecule is O=C(OC1CCCCC1)C1CCCCC1C(=O)OC1CCCCC1. The molecule has 0 amide bonds. The first-order valence-electron chi connectivity index (χ1n) is 10.1.